The second-order valence-electron chi connectivity index (χ2n) is 4.07. The van der Waals surface area contributed by atoms with Crippen molar-refractivity contribution < 1.29 is 13.9 Å². The van der Waals surface area contributed by atoms with Crippen LogP contribution in [-0.4, -0.2) is 7.11 Å². The van der Waals surface area contributed by atoms with Gasteiger partial charge in [-0.25, -0.2) is 4.39 Å². The van der Waals surface area contributed by atoms with Crippen LogP contribution < -0.4 is 9.47 Å². The molecule has 0 radical (unpaired) electrons. The molecule has 0 spiro atoms. The molecule has 0 bridgehead atoms. The third-order valence-corrected chi connectivity index (χ3v) is 3.30. The van der Waals surface area contributed by atoms with Gasteiger partial charge in [-0.3, -0.25) is 0 Å². The first kappa shape index (κ1) is 13.9. The van der Waals surface area contributed by atoms with Gasteiger partial charge in [0.25, 0.3) is 0 Å². The zero-order chi connectivity index (χ0) is 13.7. The molecule has 100 valence electrons. The molecule has 0 atom stereocenters. The molecule has 0 aliphatic heterocycles. The van der Waals surface area contributed by atoms with E-state index in [1.807, 2.05) is 30.3 Å². The predicted octanol–water partition coefficient (Wildman–Crippen LogP) is 4.31. The van der Waals surface area contributed by atoms with E-state index in [0.29, 0.717) is 17.7 Å². The second-order valence-corrected chi connectivity index (χ2v) is 4.63. The maximum atomic E-state index is 13.3. The molecule has 0 N–H and O–H groups in total. The summed E-state index contributed by atoms with van der Waals surface area (Å²) in [4.78, 5) is 0. The van der Waals surface area contributed by atoms with E-state index < -0.39 is 0 Å². The fourth-order valence-corrected chi connectivity index (χ4v) is 1.99. The summed E-state index contributed by atoms with van der Waals surface area (Å²) in [6, 6.07) is 12.3. The summed E-state index contributed by atoms with van der Waals surface area (Å²) < 4.78 is 24.0. The Kier molecular flexibility index (Phi) is 4.80. The third kappa shape index (κ3) is 3.96. The van der Waals surface area contributed by atoms with Gasteiger partial charge in [-0.1, -0.05) is 28.1 Å². The van der Waals surface area contributed by atoms with Gasteiger partial charge in [-0.15, -0.1) is 0 Å². The second kappa shape index (κ2) is 6.57. The van der Waals surface area contributed by atoms with E-state index in [-0.39, 0.29) is 5.82 Å². The van der Waals surface area contributed by atoms with Crippen molar-refractivity contribution in [2.45, 2.75) is 11.9 Å². The van der Waals surface area contributed by atoms with Gasteiger partial charge in [0, 0.05) is 11.4 Å². The standard InChI is InChI=1S/C15H14BrFO2/c1-18-14-4-2-11(3-5-14)10-19-15-7-12(9-16)6-13(17)8-15/h2-8H,9-10H2,1H3. The van der Waals surface area contributed by atoms with Crippen molar-refractivity contribution in [3.8, 4) is 11.5 Å². The van der Waals surface area contributed by atoms with E-state index in [1.165, 1.54) is 12.1 Å². The number of ether oxygens (including phenoxy) is 2. The number of benzene rings is 2. The molecule has 19 heavy (non-hydrogen) atoms. The Morgan fingerprint density at radius 3 is 2.37 bits per heavy atom. The minimum atomic E-state index is -0.290. The fourth-order valence-electron chi connectivity index (χ4n) is 1.67. The van der Waals surface area contributed by atoms with Gasteiger partial charge in [0.15, 0.2) is 0 Å². The van der Waals surface area contributed by atoms with Gasteiger partial charge in [0.2, 0.25) is 0 Å². The molecule has 2 rings (SSSR count). The Morgan fingerprint density at radius 2 is 1.74 bits per heavy atom. The smallest absolute Gasteiger partial charge is 0.127 e. The molecule has 4 heteroatoms. The Morgan fingerprint density at radius 1 is 1.00 bits per heavy atom. The molecule has 2 aromatic rings. The average Bonchev–Trinajstić information content (AvgIpc) is 2.45. The largest absolute Gasteiger partial charge is 0.497 e. The highest BCUT2D eigenvalue weighted by molar-refractivity contribution is 9.08. The van der Waals surface area contributed by atoms with Gasteiger partial charge in [-0.05, 0) is 35.4 Å². The molecule has 0 aliphatic rings. The van der Waals surface area contributed by atoms with Crippen LogP contribution in [0.5, 0.6) is 11.5 Å². The Bertz CT molecular complexity index is 540. The lowest BCUT2D eigenvalue weighted by molar-refractivity contribution is 0.304. The van der Waals surface area contributed by atoms with Crippen molar-refractivity contribution >= 4 is 15.9 Å². The van der Waals surface area contributed by atoms with E-state index in [2.05, 4.69) is 15.9 Å². The van der Waals surface area contributed by atoms with Crippen LogP contribution in [0.1, 0.15) is 11.1 Å². The molecule has 0 fully saturated rings. The van der Waals surface area contributed by atoms with Crippen LogP contribution in [0.15, 0.2) is 42.5 Å². The Labute approximate surface area is 120 Å². The lowest BCUT2D eigenvalue weighted by Crippen LogP contribution is -1.96. The summed E-state index contributed by atoms with van der Waals surface area (Å²) in [6.45, 7) is 0.398. The molecule has 0 saturated heterocycles. The van der Waals surface area contributed by atoms with Crippen LogP contribution in [-0.2, 0) is 11.9 Å². The lowest BCUT2D eigenvalue weighted by Gasteiger charge is -2.08. The number of hydrogen-bond donors (Lipinski definition) is 0. The number of hydrogen-bond acceptors (Lipinski definition) is 2. The maximum absolute atomic E-state index is 13.3. The van der Waals surface area contributed by atoms with Gasteiger partial charge >= 0.3 is 0 Å². The van der Waals surface area contributed by atoms with E-state index in [9.17, 15) is 4.39 Å². The molecule has 0 aliphatic carbocycles. The number of halogens is 2. The number of alkyl halides is 1. The van der Waals surface area contributed by atoms with Crippen LogP contribution in [0, 0.1) is 5.82 Å². The normalized spacial score (nSPS) is 10.3. The predicted molar refractivity (Wildman–Crippen MR) is 76.4 cm³/mol. The summed E-state index contributed by atoms with van der Waals surface area (Å²) in [5, 5.41) is 0.601. The van der Waals surface area contributed by atoms with Crippen LogP contribution in [0.3, 0.4) is 0 Å². The Hall–Kier alpha value is -1.55. The maximum Gasteiger partial charge on any atom is 0.127 e. The topological polar surface area (TPSA) is 18.5 Å². The SMILES string of the molecule is COc1ccc(COc2cc(F)cc(CBr)c2)cc1. The van der Waals surface area contributed by atoms with E-state index in [1.54, 1.807) is 7.11 Å². The zero-order valence-corrected chi connectivity index (χ0v) is 12.1. The zero-order valence-electron chi connectivity index (χ0n) is 10.5. The minimum absolute atomic E-state index is 0.290. The fraction of sp³-hybridized carbons (Fsp3) is 0.200. The van der Waals surface area contributed by atoms with Gasteiger partial charge in [0.1, 0.15) is 23.9 Å². The van der Waals surface area contributed by atoms with E-state index >= 15 is 0 Å². The van der Waals surface area contributed by atoms with Crippen molar-refractivity contribution in [2.24, 2.45) is 0 Å². The molecular weight excluding hydrogens is 311 g/mol. The van der Waals surface area contributed by atoms with Crippen LogP contribution in [0.2, 0.25) is 0 Å². The van der Waals surface area contributed by atoms with Crippen LogP contribution in [0.4, 0.5) is 4.39 Å². The summed E-state index contributed by atoms with van der Waals surface area (Å²) in [5.74, 6) is 1.04. The summed E-state index contributed by atoms with van der Waals surface area (Å²) >= 11 is 3.30. The van der Waals surface area contributed by atoms with Crippen molar-refractivity contribution in [2.75, 3.05) is 7.11 Å². The van der Waals surface area contributed by atoms with Crippen LogP contribution in [0.25, 0.3) is 0 Å². The van der Waals surface area contributed by atoms with Crippen LogP contribution >= 0.6 is 15.9 Å². The molecule has 0 heterocycles. The quantitative estimate of drug-likeness (QED) is 0.763. The Balaban J connectivity index is 2.03. The van der Waals surface area contributed by atoms with Gasteiger partial charge < -0.3 is 9.47 Å². The highest BCUT2D eigenvalue weighted by Crippen LogP contribution is 2.20. The van der Waals surface area contributed by atoms with Gasteiger partial charge in [-0.2, -0.15) is 0 Å². The van der Waals surface area contributed by atoms with Crippen molar-refractivity contribution in [3.63, 3.8) is 0 Å². The molecule has 0 amide bonds. The third-order valence-electron chi connectivity index (χ3n) is 2.65. The first-order valence-corrected chi connectivity index (χ1v) is 6.94. The minimum Gasteiger partial charge on any atom is -0.497 e. The number of rotatable bonds is 5. The molecule has 2 nitrogen and oxygen atoms in total. The monoisotopic (exact) mass is 324 g/mol. The van der Waals surface area contributed by atoms with E-state index in [4.69, 9.17) is 9.47 Å². The average molecular weight is 325 g/mol. The van der Waals surface area contributed by atoms with Crippen molar-refractivity contribution in [1.82, 2.24) is 0 Å². The molecule has 2 aromatic carbocycles. The molecule has 0 unspecified atom stereocenters. The lowest BCUT2D eigenvalue weighted by atomic mass is 10.2. The summed E-state index contributed by atoms with van der Waals surface area (Å²) in [5.41, 5.74) is 1.86. The molecular formula is C15H14BrFO2. The molecule has 0 aromatic heterocycles. The highest BCUT2D eigenvalue weighted by Gasteiger charge is 2.02. The molecule has 0 saturated carbocycles. The summed E-state index contributed by atoms with van der Waals surface area (Å²) in [7, 11) is 1.63. The highest BCUT2D eigenvalue weighted by atomic mass is 79.9. The van der Waals surface area contributed by atoms with Crippen molar-refractivity contribution in [1.29, 1.82) is 0 Å². The van der Waals surface area contributed by atoms with Gasteiger partial charge in [0.05, 0.1) is 7.11 Å². The first-order valence-electron chi connectivity index (χ1n) is 5.82. The van der Waals surface area contributed by atoms with Crippen molar-refractivity contribution in [3.05, 3.63) is 59.4 Å². The number of methoxy groups -OCH3 is 1. The summed E-state index contributed by atoms with van der Waals surface area (Å²) in [6.07, 6.45) is 0. The first-order chi connectivity index (χ1) is 9.21. The van der Waals surface area contributed by atoms with E-state index in [0.717, 1.165) is 16.9 Å².